The molecule has 0 aliphatic rings. The zero-order valence-corrected chi connectivity index (χ0v) is 11.1. The van der Waals surface area contributed by atoms with Gasteiger partial charge in [-0.05, 0) is 50.6 Å². The first-order chi connectivity index (χ1) is 8.54. The van der Waals surface area contributed by atoms with E-state index < -0.39 is 0 Å². The number of rotatable bonds is 3. The first kappa shape index (κ1) is 13.1. The maximum absolute atomic E-state index is 13.3. The molecule has 0 bridgehead atoms. The average Bonchev–Trinajstić information content (AvgIpc) is 2.58. The number of hydrogen-bond acceptors (Lipinski definition) is 2. The van der Waals surface area contributed by atoms with Crippen molar-refractivity contribution >= 4 is 11.6 Å². The van der Waals surface area contributed by atoms with E-state index in [-0.39, 0.29) is 5.82 Å². The molecule has 2 aromatic rings. The summed E-state index contributed by atoms with van der Waals surface area (Å²) in [5.41, 5.74) is 8.82. The summed E-state index contributed by atoms with van der Waals surface area (Å²) in [6.45, 7) is 4.19. The van der Waals surface area contributed by atoms with Crippen molar-refractivity contribution in [1.29, 1.82) is 0 Å². The zero-order valence-electron chi connectivity index (χ0n) is 10.4. The number of benzene rings is 1. The van der Waals surface area contributed by atoms with E-state index in [1.165, 1.54) is 12.1 Å². The molecule has 1 heterocycles. The highest BCUT2D eigenvalue weighted by Crippen LogP contribution is 2.24. The van der Waals surface area contributed by atoms with Crippen LogP contribution in [0, 0.1) is 19.7 Å². The van der Waals surface area contributed by atoms with Gasteiger partial charge < -0.3 is 5.73 Å². The topological polar surface area (TPSA) is 43.8 Å². The van der Waals surface area contributed by atoms with E-state index in [1.54, 1.807) is 10.7 Å². The van der Waals surface area contributed by atoms with Crippen LogP contribution in [0.4, 0.5) is 4.39 Å². The maximum Gasteiger partial charge on any atom is 0.123 e. The molecule has 3 nitrogen and oxygen atoms in total. The summed E-state index contributed by atoms with van der Waals surface area (Å²) < 4.78 is 15.0. The summed E-state index contributed by atoms with van der Waals surface area (Å²) in [7, 11) is 0. The Bertz CT molecular complexity index is 578. The van der Waals surface area contributed by atoms with Gasteiger partial charge in [-0.1, -0.05) is 11.6 Å². The third-order valence-corrected chi connectivity index (χ3v) is 3.43. The van der Waals surface area contributed by atoms with Crippen LogP contribution >= 0.6 is 11.6 Å². The molecule has 1 aromatic carbocycles. The van der Waals surface area contributed by atoms with E-state index in [0.29, 0.717) is 18.0 Å². The van der Waals surface area contributed by atoms with Gasteiger partial charge in [0.1, 0.15) is 5.82 Å². The molecule has 0 amide bonds. The highest BCUT2D eigenvalue weighted by Gasteiger charge is 2.13. The summed E-state index contributed by atoms with van der Waals surface area (Å²) >= 11 is 6.13. The molecule has 0 saturated carbocycles. The number of hydrogen-bond donors (Lipinski definition) is 1. The maximum atomic E-state index is 13.3. The van der Waals surface area contributed by atoms with Crippen molar-refractivity contribution in [3.8, 4) is 5.69 Å². The van der Waals surface area contributed by atoms with Crippen LogP contribution in [0.3, 0.4) is 0 Å². The third kappa shape index (κ3) is 2.26. The number of halogens is 2. The zero-order chi connectivity index (χ0) is 13.3. The van der Waals surface area contributed by atoms with Crippen molar-refractivity contribution < 1.29 is 4.39 Å². The molecule has 0 aliphatic carbocycles. The highest BCUT2D eigenvalue weighted by atomic mass is 35.5. The molecule has 1 aromatic heterocycles. The number of nitrogens with zero attached hydrogens (tertiary/aromatic N) is 2. The molecule has 0 unspecified atom stereocenters. The van der Waals surface area contributed by atoms with E-state index in [9.17, 15) is 4.39 Å². The Hall–Kier alpha value is -1.39. The Morgan fingerprint density at radius 1 is 1.39 bits per heavy atom. The van der Waals surface area contributed by atoms with Crippen LogP contribution in [0.5, 0.6) is 0 Å². The largest absolute Gasteiger partial charge is 0.330 e. The van der Waals surface area contributed by atoms with Crippen LogP contribution in [0.15, 0.2) is 18.2 Å². The van der Waals surface area contributed by atoms with Crippen molar-refractivity contribution in [2.75, 3.05) is 6.54 Å². The van der Waals surface area contributed by atoms with Gasteiger partial charge in [0.2, 0.25) is 0 Å². The first-order valence-corrected chi connectivity index (χ1v) is 6.13. The fourth-order valence-corrected chi connectivity index (χ4v) is 2.09. The molecule has 5 heteroatoms. The lowest BCUT2D eigenvalue weighted by molar-refractivity contribution is 0.623. The normalized spacial score (nSPS) is 10.9. The van der Waals surface area contributed by atoms with Gasteiger partial charge in [-0.25, -0.2) is 9.07 Å². The SMILES string of the molecule is Cc1nn(-c2ccc(F)cc2CCN)c(C)c1Cl. The molecule has 0 aliphatic heterocycles. The van der Waals surface area contributed by atoms with E-state index in [1.807, 2.05) is 13.8 Å². The minimum absolute atomic E-state index is 0.269. The lowest BCUT2D eigenvalue weighted by Crippen LogP contribution is -2.09. The standard InChI is InChI=1S/C13H15ClFN3/c1-8-13(14)9(2)18(17-8)12-4-3-11(15)7-10(12)5-6-16/h3-4,7H,5-6,16H2,1-2H3. The predicted molar refractivity (Wildman–Crippen MR) is 70.8 cm³/mol. The summed E-state index contributed by atoms with van der Waals surface area (Å²) in [4.78, 5) is 0. The Morgan fingerprint density at radius 3 is 2.67 bits per heavy atom. The van der Waals surface area contributed by atoms with Crippen molar-refractivity contribution in [3.63, 3.8) is 0 Å². The molecule has 0 saturated heterocycles. The van der Waals surface area contributed by atoms with Gasteiger partial charge in [0.15, 0.2) is 0 Å². The Labute approximate surface area is 110 Å². The van der Waals surface area contributed by atoms with Crippen molar-refractivity contribution in [2.24, 2.45) is 5.73 Å². The van der Waals surface area contributed by atoms with Gasteiger partial charge in [0.25, 0.3) is 0 Å². The smallest absolute Gasteiger partial charge is 0.123 e. The van der Waals surface area contributed by atoms with E-state index in [2.05, 4.69) is 5.10 Å². The molecule has 0 spiro atoms. The molecule has 2 rings (SSSR count). The van der Waals surface area contributed by atoms with Crippen LogP contribution in [0.2, 0.25) is 5.02 Å². The number of aromatic nitrogens is 2. The first-order valence-electron chi connectivity index (χ1n) is 5.75. The van der Waals surface area contributed by atoms with Crippen molar-refractivity contribution in [3.05, 3.63) is 46.0 Å². The van der Waals surface area contributed by atoms with E-state index in [4.69, 9.17) is 17.3 Å². The number of aryl methyl sites for hydroxylation is 1. The highest BCUT2D eigenvalue weighted by molar-refractivity contribution is 6.31. The molecule has 0 radical (unpaired) electrons. The van der Waals surface area contributed by atoms with Gasteiger partial charge in [0.05, 0.1) is 22.1 Å². The van der Waals surface area contributed by atoms with Crippen LogP contribution in [-0.2, 0) is 6.42 Å². The summed E-state index contributed by atoms with van der Waals surface area (Å²) in [5, 5.41) is 5.01. The molecule has 96 valence electrons. The van der Waals surface area contributed by atoms with Crippen LogP contribution in [0.1, 0.15) is 17.0 Å². The minimum atomic E-state index is -0.269. The van der Waals surface area contributed by atoms with Gasteiger partial charge >= 0.3 is 0 Å². The van der Waals surface area contributed by atoms with Crippen molar-refractivity contribution in [1.82, 2.24) is 9.78 Å². The summed E-state index contributed by atoms with van der Waals surface area (Å²) in [6, 6.07) is 4.61. The lowest BCUT2D eigenvalue weighted by Gasteiger charge is -2.10. The fraction of sp³-hybridized carbons (Fsp3) is 0.308. The van der Waals surface area contributed by atoms with Crippen molar-refractivity contribution in [2.45, 2.75) is 20.3 Å². The summed E-state index contributed by atoms with van der Waals surface area (Å²) in [5.74, 6) is -0.269. The number of nitrogens with two attached hydrogens (primary N) is 1. The predicted octanol–water partition coefficient (Wildman–Crippen LogP) is 2.78. The lowest BCUT2D eigenvalue weighted by atomic mass is 10.1. The van der Waals surface area contributed by atoms with E-state index in [0.717, 1.165) is 22.6 Å². The quantitative estimate of drug-likeness (QED) is 0.929. The van der Waals surface area contributed by atoms with Gasteiger partial charge in [-0.15, -0.1) is 0 Å². The molecule has 18 heavy (non-hydrogen) atoms. The van der Waals surface area contributed by atoms with Gasteiger partial charge in [0, 0.05) is 0 Å². The Kier molecular flexibility index (Phi) is 3.68. The molecule has 0 fully saturated rings. The fourth-order valence-electron chi connectivity index (χ4n) is 1.97. The summed E-state index contributed by atoms with van der Waals surface area (Å²) in [6.07, 6.45) is 0.600. The van der Waals surface area contributed by atoms with Gasteiger partial charge in [-0.3, -0.25) is 0 Å². The van der Waals surface area contributed by atoms with Crippen LogP contribution in [-0.4, -0.2) is 16.3 Å². The minimum Gasteiger partial charge on any atom is -0.330 e. The monoisotopic (exact) mass is 267 g/mol. The second kappa shape index (κ2) is 5.08. The third-order valence-electron chi connectivity index (χ3n) is 2.89. The van der Waals surface area contributed by atoms with Crippen LogP contribution < -0.4 is 5.73 Å². The molecular weight excluding hydrogens is 253 g/mol. The van der Waals surface area contributed by atoms with Crippen LogP contribution in [0.25, 0.3) is 5.69 Å². The average molecular weight is 268 g/mol. The van der Waals surface area contributed by atoms with E-state index >= 15 is 0 Å². The van der Waals surface area contributed by atoms with Gasteiger partial charge in [-0.2, -0.15) is 5.10 Å². The second-order valence-corrected chi connectivity index (χ2v) is 4.59. The molecule has 2 N–H and O–H groups in total. The Balaban J connectivity index is 2.59. The molecule has 0 atom stereocenters. The Morgan fingerprint density at radius 2 is 2.11 bits per heavy atom. The second-order valence-electron chi connectivity index (χ2n) is 4.21. The molecular formula is C13H15ClFN3.